The Hall–Kier alpha value is -3.98. The van der Waals surface area contributed by atoms with Gasteiger partial charge in [0.05, 0.1) is 16.9 Å². The Bertz CT molecular complexity index is 1840. The van der Waals surface area contributed by atoms with Gasteiger partial charge in [-0.05, 0) is 78.8 Å². The number of aryl methyl sites for hydroxylation is 1. The quantitative estimate of drug-likeness (QED) is 0.113. The van der Waals surface area contributed by atoms with Crippen LogP contribution in [0.2, 0.25) is 0 Å². The molecular formula is C26H25FIN7O4. The molecule has 11 nitrogen and oxygen atoms in total. The van der Waals surface area contributed by atoms with Gasteiger partial charge in [-0.2, -0.15) is 0 Å². The zero-order chi connectivity index (χ0) is 28.0. The number of rotatable bonds is 5. The summed E-state index contributed by atoms with van der Waals surface area (Å²) in [6.45, 7) is 1.55. The molecule has 4 aromatic rings. The van der Waals surface area contributed by atoms with E-state index in [-0.39, 0.29) is 40.0 Å². The number of fused-ring (bicyclic) bond motifs is 1. The van der Waals surface area contributed by atoms with Crippen molar-refractivity contribution in [2.45, 2.75) is 25.8 Å². The van der Waals surface area contributed by atoms with E-state index >= 15 is 0 Å². The first kappa shape index (κ1) is 26.6. The minimum atomic E-state index is -0.584. The molecule has 2 heterocycles. The second kappa shape index (κ2) is 10.3. The monoisotopic (exact) mass is 645 g/mol. The largest absolute Gasteiger partial charge is 0.338 e. The molecule has 1 aliphatic rings. The van der Waals surface area contributed by atoms with Gasteiger partial charge < -0.3 is 10.6 Å². The number of nitrogens with zero attached hydrogens (tertiary/aromatic N) is 4. The first-order chi connectivity index (χ1) is 18.7. The highest BCUT2D eigenvalue weighted by molar-refractivity contribution is 14.1. The molecular weight excluding hydrogens is 620 g/mol. The van der Waals surface area contributed by atoms with E-state index in [1.54, 1.807) is 37.3 Å². The number of aliphatic imine (C=N–C) groups is 1. The molecule has 0 atom stereocenters. The fraction of sp³-hybridized carbons (Fsp3) is 0.231. The molecule has 1 aliphatic carbocycles. The Balaban J connectivity index is 1.86. The minimum Gasteiger partial charge on any atom is -0.338 e. The van der Waals surface area contributed by atoms with Gasteiger partial charge in [-0.3, -0.25) is 33.5 Å². The molecule has 2 aromatic carbocycles. The third-order valence-electron chi connectivity index (χ3n) is 6.64. The molecule has 0 aliphatic heterocycles. The summed E-state index contributed by atoms with van der Waals surface area (Å²) in [5.74, 6) is -0.403. The second-order valence-electron chi connectivity index (χ2n) is 9.19. The molecule has 0 saturated heterocycles. The fourth-order valence-electron chi connectivity index (χ4n) is 4.57. The predicted molar refractivity (Wildman–Crippen MR) is 156 cm³/mol. The summed E-state index contributed by atoms with van der Waals surface area (Å²) < 4.78 is 19.3. The Labute approximate surface area is 234 Å². The van der Waals surface area contributed by atoms with Crippen molar-refractivity contribution in [1.82, 2.24) is 19.2 Å². The van der Waals surface area contributed by atoms with Gasteiger partial charge in [0, 0.05) is 35.0 Å². The van der Waals surface area contributed by atoms with Crippen molar-refractivity contribution < 1.29 is 9.60 Å². The van der Waals surface area contributed by atoms with Crippen LogP contribution in [-0.2, 0) is 7.05 Å². The van der Waals surface area contributed by atoms with Gasteiger partial charge in [-0.1, -0.05) is 6.07 Å². The Morgan fingerprint density at radius 2 is 1.87 bits per heavy atom. The number of benzene rings is 2. The van der Waals surface area contributed by atoms with E-state index < -0.39 is 22.6 Å². The van der Waals surface area contributed by atoms with Crippen LogP contribution in [0.4, 0.5) is 21.6 Å². The van der Waals surface area contributed by atoms with E-state index in [9.17, 15) is 24.0 Å². The highest BCUT2D eigenvalue weighted by atomic mass is 127. The summed E-state index contributed by atoms with van der Waals surface area (Å²) in [6, 6.07) is 11.0. The lowest BCUT2D eigenvalue weighted by Gasteiger charge is -2.21. The van der Waals surface area contributed by atoms with Gasteiger partial charge in [0.1, 0.15) is 17.0 Å². The Kier molecular flexibility index (Phi) is 7.03. The van der Waals surface area contributed by atoms with Crippen LogP contribution in [-0.4, -0.2) is 31.9 Å². The van der Waals surface area contributed by atoms with Crippen molar-refractivity contribution in [1.29, 1.82) is 0 Å². The molecule has 202 valence electrons. The highest BCUT2D eigenvalue weighted by Gasteiger charge is 2.31. The van der Waals surface area contributed by atoms with E-state index in [1.165, 1.54) is 39.9 Å². The standard InChI is InChI=1S/C26H25FIN7O4/c1-13-21-20(22(33(3)23(13)36)31-19-10-7-14(28)11-18(19)27)24(37)35(16-8-9-16)26(38)34(21)17-6-4-5-15(12-17)30-25(29-2)32-39/h4-7,10-12,16,31,39H,8-9H2,1-3H3,(H2,29,30,32). The van der Waals surface area contributed by atoms with Crippen molar-refractivity contribution in [2.24, 2.45) is 12.0 Å². The number of hydrogen-bond donors (Lipinski definition) is 4. The number of nitrogens with one attached hydrogen (secondary N) is 3. The Morgan fingerprint density at radius 1 is 1.13 bits per heavy atom. The van der Waals surface area contributed by atoms with Crippen molar-refractivity contribution in [3.05, 3.63) is 88.6 Å². The van der Waals surface area contributed by atoms with Gasteiger partial charge >= 0.3 is 5.69 Å². The van der Waals surface area contributed by atoms with E-state index in [0.717, 1.165) is 0 Å². The summed E-state index contributed by atoms with van der Waals surface area (Å²) >= 11 is 1.99. The average molecular weight is 645 g/mol. The van der Waals surface area contributed by atoms with Crippen molar-refractivity contribution in [3.8, 4) is 5.69 Å². The average Bonchev–Trinajstić information content (AvgIpc) is 3.75. The lowest BCUT2D eigenvalue weighted by atomic mass is 10.1. The van der Waals surface area contributed by atoms with Crippen molar-refractivity contribution in [2.75, 3.05) is 17.7 Å². The Morgan fingerprint density at radius 3 is 2.51 bits per heavy atom. The minimum absolute atomic E-state index is 0.0726. The molecule has 0 bridgehead atoms. The zero-order valence-electron chi connectivity index (χ0n) is 21.2. The first-order valence-electron chi connectivity index (χ1n) is 12.0. The predicted octanol–water partition coefficient (Wildman–Crippen LogP) is 3.36. The van der Waals surface area contributed by atoms with Crippen LogP contribution in [0.15, 0.2) is 61.8 Å². The van der Waals surface area contributed by atoms with Gasteiger partial charge in [0.25, 0.3) is 11.1 Å². The number of halogens is 2. The number of hydrogen-bond acceptors (Lipinski definition) is 6. The third-order valence-corrected chi connectivity index (χ3v) is 7.31. The second-order valence-corrected chi connectivity index (χ2v) is 10.4. The van der Waals surface area contributed by atoms with Gasteiger partial charge in [0.15, 0.2) is 0 Å². The van der Waals surface area contributed by atoms with Crippen LogP contribution in [0.25, 0.3) is 16.6 Å². The molecule has 39 heavy (non-hydrogen) atoms. The normalized spacial score (nSPS) is 13.5. The van der Waals surface area contributed by atoms with Crippen LogP contribution in [0, 0.1) is 16.3 Å². The van der Waals surface area contributed by atoms with Crippen molar-refractivity contribution in [3.63, 3.8) is 0 Å². The lowest BCUT2D eigenvalue weighted by molar-refractivity contribution is 0.234. The number of hydroxylamine groups is 1. The lowest BCUT2D eigenvalue weighted by Crippen LogP contribution is -2.41. The summed E-state index contributed by atoms with van der Waals surface area (Å²) in [7, 11) is 2.97. The maximum Gasteiger partial charge on any atom is 0.336 e. The first-order valence-corrected chi connectivity index (χ1v) is 13.1. The fourth-order valence-corrected chi connectivity index (χ4v) is 5.02. The molecule has 0 spiro atoms. The van der Waals surface area contributed by atoms with E-state index in [2.05, 4.69) is 15.6 Å². The maximum absolute atomic E-state index is 14.8. The summed E-state index contributed by atoms with van der Waals surface area (Å²) in [5, 5.41) is 15.2. The van der Waals surface area contributed by atoms with Crippen LogP contribution in [0.3, 0.4) is 0 Å². The van der Waals surface area contributed by atoms with E-state index in [0.29, 0.717) is 27.8 Å². The third kappa shape index (κ3) is 4.71. The molecule has 5 rings (SSSR count). The molecule has 1 fully saturated rings. The number of anilines is 3. The molecule has 4 N–H and O–H groups in total. The van der Waals surface area contributed by atoms with Gasteiger partial charge in [0.2, 0.25) is 5.96 Å². The molecule has 2 aromatic heterocycles. The smallest absolute Gasteiger partial charge is 0.336 e. The molecule has 0 unspecified atom stereocenters. The van der Waals surface area contributed by atoms with Crippen LogP contribution in [0.1, 0.15) is 24.4 Å². The number of guanidine groups is 1. The van der Waals surface area contributed by atoms with E-state index in [4.69, 9.17) is 0 Å². The van der Waals surface area contributed by atoms with Crippen LogP contribution in [0.5, 0.6) is 0 Å². The zero-order valence-corrected chi connectivity index (χ0v) is 23.4. The number of aromatic nitrogens is 3. The topological polar surface area (TPSA) is 135 Å². The number of pyridine rings is 1. The highest BCUT2D eigenvalue weighted by Crippen LogP contribution is 2.34. The molecule has 13 heteroatoms. The molecule has 0 radical (unpaired) electrons. The molecule has 1 saturated carbocycles. The molecule has 0 amide bonds. The van der Waals surface area contributed by atoms with Crippen molar-refractivity contribution >= 4 is 56.6 Å². The summed E-state index contributed by atoms with van der Waals surface area (Å²) in [4.78, 5) is 45.1. The van der Waals surface area contributed by atoms with E-state index in [1.807, 2.05) is 28.1 Å². The van der Waals surface area contributed by atoms with Crippen LogP contribution >= 0.6 is 22.6 Å². The SMILES string of the molecule is CN=C(NO)Nc1cccc(-n2c(=O)n(C3CC3)c(=O)c3c(Nc4ccc(I)cc4F)n(C)c(=O)c(C)c32)c1. The maximum atomic E-state index is 14.8. The van der Waals surface area contributed by atoms with Gasteiger partial charge in [-0.15, -0.1) is 0 Å². The van der Waals surface area contributed by atoms with Crippen LogP contribution < -0.4 is 32.9 Å². The summed E-state index contributed by atoms with van der Waals surface area (Å²) in [5.41, 5.74) is 1.61. The van der Waals surface area contributed by atoms with Gasteiger partial charge in [-0.25, -0.2) is 14.7 Å². The summed E-state index contributed by atoms with van der Waals surface area (Å²) in [6.07, 6.45) is 1.33.